The molecule has 0 aliphatic rings. The fraction of sp³-hybridized carbons (Fsp3) is 0. The second-order valence-electron chi connectivity index (χ2n) is 6.12. The van der Waals surface area contributed by atoms with E-state index < -0.39 is 10.9 Å². The average Bonchev–Trinajstić information content (AvgIpc) is 3.10. The minimum Gasteiger partial charge on any atom is -0.422 e. The molecule has 29 heavy (non-hydrogen) atoms. The molecule has 0 spiro atoms. The quantitative estimate of drug-likeness (QED) is 0.110. The molecule has 1 aromatic heterocycles. The molecule has 1 heterocycles. The summed E-state index contributed by atoms with van der Waals surface area (Å²) in [6, 6.07) is 30.7. The predicted octanol–water partition coefficient (Wildman–Crippen LogP) is 7.81. The summed E-state index contributed by atoms with van der Waals surface area (Å²) < 4.78 is 7.52. The highest BCUT2D eigenvalue weighted by Gasteiger charge is 2.16. The molecule has 146 valence electrons. The van der Waals surface area contributed by atoms with Crippen molar-refractivity contribution in [3.05, 3.63) is 103 Å². The second kappa shape index (κ2) is 9.47. The van der Waals surface area contributed by atoms with Gasteiger partial charge < -0.3 is 4.74 Å². The molecule has 0 N–H and O–H groups in total. The van der Waals surface area contributed by atoms with Gasteiger partial charge in [-0.15, -0.1) is 11.3 Å². The van der Waals surface area contributed by atoms with Crippen LogP contribution < -0.4 is 4.74 Å². The lowest BCUT2D eigenvalue weighted by Gasteiger charge is -2.23. The van der Waals surface area contributed by atoms with Crippen molar-refractivity contribution in [2.24, 2.45) is 0 Å². The van der Waals surface area contributed by atoms with Crippen LogP contribution in [0.3, 0.4) is 0 Å². The third-order valence-electron chi connectivity index (χ3n) is 4.18. The fourth-order valence-electron chi connectivity index (χ4n) is 2.87. The maximum atomic E-state index is 12.4. The van der Waals surface area contributed by atoms with E-state index in [4.69, 9.17) is 4.74 Å². The van der Waals surface area contributed by atoms with Crippen molar-refractivity contribution >= 4 is 66.7 Å². The van der Waals surface area contributed by atoms with Gasteiger partial charge in [-0.25, -0.2) is 4.79 Å². The Morgan fingerprint density at radius 1 is 0.828 bits per heavy atom. The molecule has 4 aromatic rings. The molecule has 3 aromatic carbocycles. The van der Waals surface area contributed by atoms with Gasteiger partial charge in [-0.2, -0.15) is 10.9 Å². The first-order valence-electron chi connectivity index (χ1n) is 8.79. The van der Waals surface area contributed by atoms with Crippen LogP contribution in [-0.2, 0) is 0 Å². The first-order chi connectivity index (χ1) is 14.1. The summed E-state index contributed by atoms with van der Waals surface area (Å²) in [4.78, 5) is 16.8. The normalized spacial score (nSPS) is 11.2. The number of hydrogen-bond acceptors (Lipinski definition) is 3. The van der Waals surface area contributed by atoms with Crippen LogP contribution in [0.15, 0.2) is 110 Å². The smallest absolute Gasteiger partial charge is 0.353 e. The number of carbonyl (C=O) groups is 1. The molecular formula is C23H16BrIO2S2. The van der Waals surface area contributed by atoms with Gasteiger partial charge in [0.1, 0.15) is 10.6 Å². The molecule has 0 aliphatic carbocycles. The number of hydrogen-bond donors (Lipinski definition) is 1. The van der Waals surface area contributed by atoms with Crippen molar-refractivity contribution in [3.8, 4) is 5.75 Å². The van der Waals surface area contributed by atoms with E-state index in [0.29, 0.717) is 10.6 Å². The highest BCUT2D eigenvalue weighted by molar-refractivity contribution is 14.1. The molecule has 6 heteroatoms. The number of ether oxygens (including phenoxy) is 1. The lowest BCUT2D eigenvalue weighted by atomic mass is 10.3. The van der Waals surface area contributed by atoms with E-state index in [1.807, 2.05) is 24.3 Å². The van der Waals surface area contributed by atoms with Crippen LogP contribution in [0.25, 0.3) is 0 Å². The molecular weight excluding hydrogens is 579 g/mol. The zero-order valence-electron chi connectivity index (χ0n) is 15.1. The number of halogens is 2. The number of esters is 1. The van der Waals surface area contributed by atoms with Crippen molar-refractivity contribution in [3.63, 3.8) is 0 Å². The van der Waals surface area contributed by atoms with Crippen LogP contribution >= 0.6 is 60.8 Å². The summed E-state index contributed by atoms with van der Waals surface area (Å²) in [6.07, 6.45) is 0. The summed E-state index contributed by atoms with van der Waals surface area (Å²) in [5, 5.41) is 0. The molecule has 0 bridgehead atoms. The lowest BCUT2D eigenvalue weighted by Crippen LogP contribution is -2.06. The van der Waals surface area contributed by atoms with Crippen molar-refractivity contribution in [2.45, 2.75) is 14.7 Å². The Balaban J connectivity index is 1.60. The van der Waals surface area contributed by atoms with Gasteiger partial charge in [0.05, 0.1) is 2.88 Å². The van der Waals surface area contributed by atoms with Crippen LogP contribution in [0, 0.1) is 2.88 Å². The summed E-state index contributed by atoms with van der Waals surface area (Å²) in [5.41, 5.74) is 0. The Hall–Kier alpha value is -1.61. The lowest BCUT2D eigenvalue weighted by molar-refractivity contribution is 0.0739. The first-order valence-corrected chi connectivity index (χ1v) is 12.8. The number of thiol groups is 1. The van der Waals surface area contributed by atoms with Crippen molar-refractivity contribution in [1.82, 2.24) is 0 Å². The molecule has 0 atom stereocenters. The standard InChI is InChI=1S/C23H16BrIO2S2/c24-20-15-21(28-22(20)25)23(26)27-16-11-13-19(14-12-16)29(17-7-3-1-4-8-17)18-9-5-2-6-10-18/h1-15,29H. The number of carbonyl (C=O) groups excluding carboxylic acids is 1. The van der Waals surface area contributed by atoms with Crippen LogP contribution in [-0.4, -0.2) is 5.97 Å². The maximum Gasteiger partial charge on any atom is 0.353 e. The molecule has 0 saturated heterocycles. The van der Waals surface area contributed by atoms with E-state index in [0.717, 1.165) is 7.36 Å². The van der Waals surface area contributed by atoms with Crippen molar-refractivity contribution in [2.75, 3.05) is 0 Å². The molecule has 0 fully saturated rings. The van der Waals surface area contributed by atoms with Gasteiger partial charge in [-0.1, -0.05) is 36.4 Å². The van der Waals surface area contributed by atoms with Gasteiger partial charge in [0, 0.05) is 4.47 Å². The van der Waals surface area contributed by atoms with E-state index in [-0.39, 0.29) is 5.97 Å². The maximum absolute atomic E-state index is 12.4. The van der Waals surface area contributed by atoms with Gasteiger partial charge in [0.2, 0.25) is 0 Å². The molecule has 4 rings (SSSR count). The monoisotopic (exact) mass is 594 g/mol. The van der Waals surface area contributed by atoms with Gasteiger partial charge in [-0.3, -0.25) is 0 Å². The Kier molecular flexibility index (Phi) is 6.74. The minimum absolute atomic E-state index is 0.334. The Labute approximate surface area is 198 Å². The number of benzene rings is 3. The summed E-state index contributed by atoms with van der Waals surface area (Å²) >= 11 is 7.05. The highest BCUT2D eigenvalue weighted by Crippen LogP contribution is 2.51. The molecule has 0 aliphatic heterocycles. The molecule has 0 unspecified atom stereocenters. The van der Waals surface area contributed by atoms with Crippen molar-refractivity contribution in [1.29, 1.82) is 0 Å². The van der Waals surface area contributed by atoms with E-state index in [2.05, 4.69) is 99.2 Å². The van der Waals surface area contributed by atoms with E-state index in [1.165, 1.54) is 26.0 Å². The van der Waals surface area contributed by atoms with Gasteiger partial charge in [-0.05, 0) is 108 Å². The van der Waals surface area contributed by atoms with Gasteiger partial charge in [0.25, 0.3) is 0 Å². The van der Waals surface area contributed by atoms with Crippen LogP contribution in [0.2, 0.25) is 0 Å². The third-order valence-corrected chi connectivity index (χ3v) is 10.4. The van der Waals surface area contributed by atoms with E-state index >= 15 is 0 Å². The molecule has 0 amide bonds. The topological polar surface area (TPSA) is 26.3 Å². The van der Waals surface area contributed by atoms with Crippen LogP contribution in [0.1, 0.15) is 9.67 Å². The van der Waals surface area contributed by atoms with Crippen LogP contribution in [0.4, 0.5) is 0 Å². The molecule has 2 nitrogen and oxygen atoms in total. The summed E-state index contributed by atoms with van der Waals surface area (Å²) in [5.74, 6) is 0.217. The van der Waals surface area contributed by atoms with Gasteiger partial charge >= 0.3 is 5.97 Å². The third kappa shape index (κ3) is 4.94. The Bertz CT molecular complexity index is 1050. The number of thiophene rings is 1. The summed E-state index contributed by atoms with van der Waals surface area (Å²) in [6.45, 7) is 0. The number of rotatable bonds is 5. The Morgan fingerprint density at radius 3 is 1.83 bits per heavy atom. The second-order valence-corrected chi connectivity index (χ2v) is 12.1. The SMILES string of the molecule is O=C(Oc1ccc([SH](c2ccccc2)c2ccccc2)cc1)c1cc(Br)c(I)s1. The first kappa shape index (κ1) is 20.7. The zero-order chi connectivity index (χ0) is 20.2. The highest BCUT2D eigenvalue weighted by atomic mass is 127. The van der Waals surface area contributed by atoms with Crippen molar-refractivity contribution < 1.29 is 9.53 Å². The molecule has 0 radical (unpaired) electrons. The predicted molar refractivity (Wildman–Crippen MR) is 133 cm³/mol. The minimum atomic E-state index is -0.669. The van der Waals surface area contributed by atoms with Gasteiger partial charge in [0.15, 0.2) is 0 Å². The largest absolute Gasteiger partial charge is 0.422 e. The Morgan fingerprint density at radius 2 is 1.34 bits per heavy atom. The average molecular weight is 595 g/mol. The molecule has 0 saturated carbocycles. The zero-order valence-corrected chi connectivity index (χ0v) is 20.5. The van der Waals surface area contributed by atoms with E-state index in [9.17, 15) is 4.79 Å². The van der Waals surface area contributed by atoms with E-state index in [1.54, 1.807) is 6.07 Å². The summed E-state index contributed by atoms with van der Waals surface area (Å²) in [7, 11) is -0.669. The fourth-order valence-corrected chi connectivity index (χ4v) is 7.29. The van der Waals surface area contributed by atoms with Crippen LogP contribution in [0.5, 0.6) is 5.75 Å².